The first-order valence-electron chi connectivity index (χ1n) is 7.82. The Morgan fingerprint density at radius 3 is 2.24 bits per heavy atom. The van der Waals surface area contributed by atoms with Crippen LogP contribution in [0.3, 0.4) is 0 Å². The molecule has 3 atom stereocenters. The van der Waals surface area contributed by atoms with Gasteiger partial charge in [0.25, 0.3) is 0 Å². The molecule has 0 saturated carbocycles. The Morgan fingerprint density at radius 1 is 1.19 bits per heavy atom. The molecule has 1 heterocycles. The summed E-state index contributed by atoms with van der Waals surface area (Å²) in [5.74, 6) is 0. The lowest BCUT2D eigenvalue weighted by Crippen LogP contribution is -2.60. The molecule has 2 rings (SSSR count). The summed E-state index contributed by atoms with van der Waals surface area (Å²) in [5.41, 5.74) is 0.755. The summed E-state index contributed by atoms with van der Waals surface area (Å²) in [7, 11) is 4.13. The highest BCUT2D eigenvalue weighted by Crippen LogP contribution is 2.24. The highest BCUT2D eigenvalue weighted by atomic mass is 16.3. The molecule has 0 bridgehead atoms. The average molecular weight is 291 g/mol. The first-order valence-corrected chi connectivity index (χ1v) is 7.82. The van der Waals surface area contributed by atoms with Gasteiger partial charge in [-0.3, -0.25) is 9.80 Å². The summed E-state index contributed by atoms with van der Waals surface area (Å²) in [6, 6.07) is 11.3. The molecule has 4 nitrogen and oxygen atoms in total. The van der Waals surface area contributed by atoms with Crippen molar-refractivity contribution in [2.24, 2.45) is 0 Å². The Kier molecular flexibility index (Phi) is 5.38. The van der Waals surface area contributed by atoms with Crippen LogP contribution in [-0.2, 0) is 5.54 Å². The zero-order valence-electron chi connectivity index (χ0n) is 13.7. The van der Waals surface area contributed by atoms with Crippen LogP contribution in [0, 0.1) is 0 Å². The summed E-state index contributed by atoms with van der Waals surface area (Å²) in [5, 5.41) is 13.4. The van der Waals surface area contributed by atoms with E-state index in [9.17, 15) is 5.11 Å². The Morgan fingerprint density at radius 2 is 1.76 bits per heavy atom. The fraction of sp³-hybridized carbons (Fsp3) is 0.647. The van der Waals surface area contributed by atoms with Crippen molar-refractivity contribution in [3.63, 3.8) is 0 Å². The fourth-order valence-electron chi connectivity index (χ4n) is 3.32. The lowest BCUT2D eigenvalue weighted by Gasteiger charge is -2.46. The van der Waals surface area contributed by atoms with E-state index in [-0.39, 0.29) is 6.61 Å². The molecule has 1 aliphatic rings. The summed E-state index contributed by atoms with van der Waals surface area (Å²) in [4.78, 5) is 4.90. The third-order valence-corrected chi connectivity index (χ3v) is 5.00. The van der Waals surface area contributed by atoms with Crippen molar-refractivity contribution < 1.29 is 5.11 Å². The number of benzene rings is 1. The quantitative estimate of drug-likeness (QED) is 0.853. The normalized spacial score (nSPS) is 27.5. The van der Waals surface area contributed by atoms with Crippen LogP contribution in [0.2, 0.25) is 0 Å². The Balaban J connectivity index is 2.17. The number of aliphatic hydroxyl groups is 1. The SMILES string of the molecule is CNC(CO)(CN1CC(C)N(C)C(C)C1)c1ccccc1. The highest BCUT2D eigenvalue weighted by molar-refractivity contribution is 5.25. The first-order chi connectivity index (χ1) is 10.0. The third-order valence-electron chi connectivity index (χ3n) is 5.00. The maximum Gasteiger partial charge on any atom is 0.0795 e. The van der Waals surface area contributed by atoms with Crippen molar-refractivity contribution in [2.45, 2.75) is 31.5 Å². The predicted molar refractivity (Wildman–Crippen MR) is 87.4 cm³/mol. The van der Waals surface area contributed by atoms with E-state index in [2.05, 4.69) is 48.1 Å². The second kappa shape index (κ2) is 6.88. The molecule has 1 aromatic carbocycles. The Hall–Kier alpha value is -0.940. The van der Waals surface area contributed by atoms with Crippen molar-refractivity contribution in [1.29, 1.82) is 0 Å². The van der Waals surface area contributed by atoms with Crippen LogP contribution in [0.4, 0.5) is 0 Å². The summed E-state index contributed by atoms with van der Waals surface area (Å²) in [6.45, 7) is 7.54. The van der Waals surface area contributed by atoms with E-state index in [1.807, 2.05) is 25.2 Å². The maximum absolute atomic E-state index is 10.0. The fourth-order valence-corrected chi connectivity index (χ4v) is 3.32. The maximum atomic E-state index is 10.0. The number of hydrogen-bond donors (Lipinski definition) is 2. The predicted octanol–water partition coefficient (Wildman–Crippen LogP) is 1.12. The molecule has 0 aliphatic carbocycles. The molecule has 0 spiro atoms. The van der Waals surface area contributed by atoms with E-state index < -0.39 is 5.54 Å². The van der Waals surface area contributed by atoms with Crippen LogP contribution in [0.5, 0.6) is 0 Å². The minimum atomic E-state index is -0.392. The van der Waals surface area contributed by atoms with E-state index in [1.54, 1.807) is 0 Å². The smallest absolute Gasteiger partial charge is 0.0795 e. The number of nitrogens with zero attached hydrogens (tertiary/aromatic N) is 2. The molecule has 2 N–H and O–H groups in total. The minimum Gasteiger partial charge on any atom is -0.394 e. The van der Waals surface area contributed by atoms with Gasteiger partial charge in [0.15, 0.2) is 0 Å². The van der Waals surface area contributed by atoms with Crippen molar-refractivity contribution >= 4 is 0 Å². The molecule has 118 valence electrons. The number of aliphatic hydroxyl groups excluding tert-OH is 1. The molecule has 0 amide bonds. The highest BCUT2D eigenvalue weighted by Gasteiger charge is 2.35. The number of hydrogen-bond acceptors (Lipinski definition) is 4. The molecule has 1 fully saturated rings. The number of piperazine rings is 1. The van der Waals surface area contributed by atoms with E-state index in [1.165, 1.54) is 0 Å². The molecule has 21 heavy (non-hydrogen) atoms. The zero-order valence-corrected chi connectivity index (χ0v) is 13.7. The topological polar surface area (TPSA) is 38.7 Å². The van der Waals surface area contributed by atoms with E-state index >= 15 is 0 Å². The molecule has 0 radical (unpaired) electrons. The van der Waals surface area contributed by atoms with Gasteiger partial charge in [-0.25, -0.2) is 0 Å². The van der Waals surface area contributed by atoms with Crippen LogP contribution in [0.1, 0.15) is 19.4 Å². The molecule has 3 unspecified atom stereocenters. The van der Waals surface area contributed by atoms with Gasteiger partial charge in [-0.1, -0.05) is 30.3 Å². The Labute approximate surface area is 128 Å². The Bertz CT molecular complexity index is 421. The van der Waals surface area contributed by atoms with Gasteiger partial charge in [0.1, 0.15) is 0 Å². The van der Waals surface area contributed by atoms with E-state index in [0.717, 1.165) is 25.2 Å². The van der Waals surface area contributed by atoms with Gasteiger partial charge in [-0.05, 0) is 33.5 Å². The molecular weight excluding hydrogens is 262 g/mol. The molecule has 1 aromatic rings. The molecule has 0 aromatic heterocycles. The van der Waals surface area contributed by atoms with E-state index in [0.29, 0.717) is 12.1 Å². The van der Waals surface area contributed by atoms with Gasteiger partial charge in [-0.15, -0.1) is 0 Å². The van der Waals surface area contributed by atoms with Crippen molar-refractivity contribution in [1.82, 2.24) is 15.1 Å². The lowest BCUT2D eigenvalue weighted by atomic mass is 9.89. The van der Waals surface area contributed by atoms with Gasteiger partial charge in [0.2, 0.25) is 0 Å². The van der Waals surface area contributed by atoms with Gasteiger partial charge in [0.05, 0.1) is 12.1 Å². The van der Waals surface area contributed by atoms with Crippen LogP contribution >= 0.6 is 0 Å². The standard InChI is InChI=1S/C17H29N3O/c1-14-10-20(11-15(2)19(14)4)12-17(13-21,18-3)16-8-6-5-7-9-16/h5-9,14-15,18,21H,10-13H2,1-4H3. The van der Waals surface area contributed by atoms with Crippen LogP contribution in [0.15, 0.2) is 30.3 Å². The second-order valence-electron chi connectivity index (χ2n) is 6.41. The van der Waals surface area contributed by atoms with Gasteiger partial charge in [0, 0.05) is 31.7 Å². The molecule has 1 aliphatic heterocycles. The lowest BCUT2D eigenvalue weighted by molar-refractivity contribution is 0.0286. The molecular formula is C17H29N3O. The average Bonchev–Trinajstić information content (AvgIpc) is 2.51. The first kappa shape index (κ1) is 16.4. The van der Waals surface area contributed by atoms with Crippen molar-refractivity contribution in [3.05, 3.63) is 35.9 Å². The van der Waals surface area contributed by atoms with E-state index in [4.69, 9.17) is 0 Å². The zero-order chi connectivity index (χ0) is 15.5. The minimum absolute atomic E-state index is 0.0998. The van der Waals surface area contributed by atoms with Crippen LogP contribution < -0.4 is 5.32 Å². The largest absolute Gasteiger partial charge is 0.394 e. The molecule has 4 heteroatoms. The van der Waals surface area contributed by atoms with Gasteiger partial charge in [-0.2, -0.15) is 0 Å². The van der Waals surface area contributed by atoms with Crippen LogP contribution in [-0.4, -0.2) is 67.3 Å². The summed E-state index contributed by atoms with van der Waals surface area (Å²) in [6.07, 6.45) is 0. The van der Waals surface area contributed by atoms with Gasteiger partial charge < -0.3 is 10.4 Å². The molecule has 1 saturated heterocycles. The van der Waals surface area contributed by atoms with Crippen molar-refractivity contribution in [3.8, 4) is 0 Å². The van der Waals surface area contributed by atoms with Gasteiger partial charge >= 0.3 is 0 Å². The van der Waals surface area contributed by atoms with Crippen molar-refractivity contribution in [2.75, 3.05) is 40.3 Å². The van der Waals surface area contributed by atoms with Crippen LogP contribution in [0.25, 0.3) is 0 Å². The number of rotatable bonds is 5. The monoisotopic (exact) mass is 291 g/mol. The number of likely N-dealkylation sites (N-methyl/N-ethyl adjacent to an activating group) is 2. The summed E-state index contributed by atoms with van der Waals surface area (Å²) >= 11 is 0. The number of nitrogens with one attached hydrogen (secondary N) is 1. The summed E-state index contributed by atoms with van der Waals surface area (Å²) < 4.78 is 0. The third kappa shape index (κ3) is 3.46. The second-order valence-corrected chi connectivity index (χ2v) is 6.41.